The van der Waals surface area contributed by atoms with E-state index in [2.05, 4.69) is 36.5 Å². The molecule has 3 rings (SSSR count). The Balaban J connectivity index is 1.97. The maximum Gasteiger partial charge on any atom is 0.255 e. The van der Waals surface area contributed by atoms with Crippen LogP contribution in [0.25, 0.3) is 11.3 Å². The minimum atomic E-state index is -0.221. The van der Waals surface area contributed by atoms with Crippen LogP contribution in [0.15, 0.2) is 30.5 Å². The van der Waals surface area contributed by atoms with Crippen LogP contribution in [-0.2, 0) is 5.54 Å². The Labute approximate surface area is 153 Å². The summed E-state index contributed by atoms with van der Waals surface area (Å²) >= 11 is 6.36. The first kappa shape index (κ1) is 18.0. The number of rotatable bonds is 3. The lowest BCUT2D eigenvalue weighted by Crippen LogP contribution is -2.45. The Bertz CT molecular complexity index is 757. The van der Waals surface area contributed by atoms with Crippen molar-refractivity contribution in [2.45, 2.75) is 45.2 Å². The van der Waals surface area contributed by atoms with Crippen molar-refractivity contribution < 1.29 is 4.79 Å². The first-order valence-corrected chi connectivity index (χ1v) is 9.10. The Kier molecular flexibility index (Phi) is 5.16. The van der Waals surface area contributed by atoms with Crippen LogP contribution in [0.3, 0.4) is 0 Å². The second-order valence-electron chi connectivity index (χ2n) is 7.50. The van der Waals surface area contributed by atoms with Crippen molar-refractivity contribution in [1.82, 2.24) is 20.4 Å². The summed E-state index contributed by atoms with van der Waals surface area (Å²) in [6, 6.07) is 7.65. The lowest BCUT2D eigenvalue weighted by molar-refractivity contribution is 0.0931. The molecule has 25 heavy (non-hydrogen) atoms. The van der Waals surface area contributed by atoms with Gasteiger partial charge in [0.1, 0.15) is 5.69 Å². The summed E-state index contributed by atoms with van der Waals surface area (Å²) in [5, 5.41) is 11.7. The Morgan fingerprint density at radius 2 is 2.12 bits per heavy atom. The van der Waals surface area contributed by atoms with Crippen LogP contribution >= 0.6 is 11.6 Å². The number of halogens is 1. The zero-order valence-corrected chi connectivity index (χ0v) is 15.7. The molecule has 0 unspecified atom stereocenters. The van der Waals surface area contributed by atoms with E-state index in [0.717, 1.165) is 31.5 Å². The van der Waals surface area contributed by atoms with Crippen LogP contribution in [0.5, 0.6) is 0 Å². The zero-order chi connectivity index (χ0) is 18.0. The van der Waals surface area contributed by atoms with Crippen LogP contribution in [0, 0.1) is 0 Å². The molecule has 1 atom stereocenters. The lowest BCUT2D eigenvalue weighted by Gasteiger charge is -2.23. The third-order valence-electron chi connectivity index (χ3n) is 4.41. The third kappa shape index (κ3) is 4.05. The standard InChI is InChI=1S/C19H25ClN4O/c1-19(2,3)24-12-15(18(25)22-13-7-6-10-21-11-13)17(23-24)14-8-4-5-9-16(14)20/h4-5,8-9,12-13,21H,6-7,10-11H2,1-3H3,(H,22,25)/t13-/m0/s1. The highest BCUT2D eigenvalue weighted by molar-refractivity contribution is 6.33. The molecule has 2 heterocycles. The van der Waals surface area contributed by atoms with Gasteiger partial charge in [0.2, 0.25) is 0 Å². The number of nitrogens with zero attached hydrogens (tertiary/aromatic N) is 2. The zero-order valence-electron chi connectivity index (χ0n) is 15.0. The van der Waals surface area contributed by atoms with Gasteiger partial charge in [-0.15, -0.1) is 0 Å². The van der Waals surface area contributed by atoms with Crippen LogP contribution < -0.4 is 10.6 Å². The summed E-state index contributed by atoms with van der Waals surface area (Å²) < 4.78 is 1.83. The van der Waals surface area contributed by atoms with E-state index in [1.54, 1.807) is 0 Å². The van der Waals surface area contributed by atoms with Crippen molar-refractivity contribution in [2.75, 3.05) is 13.1 Å². The molecule has 1 aromatic carbocycles. The van der Waals surface area contributed by atoms with Gasteiger partial charge in [-0.05, 0) is 46.2 Å². The van der Waals surface area contributed by atoms with Gasteiger partial charge in [-0.1, -0.05) is 29.8 Å². The van der Waals surface area contributed by atoms with Crippen LogP contribution in [0.4, 0.5) is 0 Å². The van der Waals surface area contributed by atoms with E-state index in [0.29, 0.717) is 16.3 Å². The van der Waals surface area contributed by atoms with E-state index in [9.17, 15) is 4.79 Å². The van der Waals surface area contributed by atoms with E-state index >= 15 is 0 Å². The molecule has 0 aliphatic carbocycles. The maximum absolute atomic E-state index is 12.9. The molecule has 0 bridgehead atoms. The number of carbonyl (C=O) groups is 1. The molecule has 2 aromatic rings. The summed E-state index contributed by atoms with van der Waals surface area (Å²) in [5.74, 6) is -0.0980. The van der Waals surface area contributed by atoms with Crippen molar-refractivity contribution in [3.63, 3.8) is 0 Å². The first-order valence-electron chi connectivity index (χ1n) is 8.73. The number of hydrogen-bond donors (Lipinski definition) is 2. The molecule has 0 radical (unpaired) electrons. The van der Waals surface area contributed by atoms with Gasteiger partial charge < -0.3 is 10.6 Å². The molecule has 1 fully saturated rings. The maximum atomic E-state index is 12.9. The molecule has 1 amide bonds. The van der Waals surface area contributed by atoms with E-state index in [1.165, 1.54) is 0 Å². The van der Waals surface area contributed by atoms with Crippen LogP contribution in [0.1, 0.15) is 44.0 Å². The highest BCUT2D eigenvalue weighted by Gasteiger charge is 2.25. The van der Waals surface area contributed by atoms with Crippen molar-refractivity contribution in [1.29, 1.82) is 0 Å². The number of piperidine rings is 1. The molecular weight excluding hydrogens is 336 g/mol. The smallest absolute Gasteiger partial charge is 0.255 e. The fraction of sp³-hybridized carbons (Fsp3) is 0.474. The number of aromatic nitrogens is 2. The third-order valence-corrected chi connectivity index (χ3v) is 4.74. The molecule has 0 saturated carbocycles. The molecule has 0 spiro atoms. The predicted molar refractivity (Wildman–Crippen MR) is 101 cm³/mol. The molecule has 1 saturated heterocycles. The number of amides is 1. The minimum absolute atomic E-state index is 0.0980. The van der Waals surface area contributed by atoms with E-state index in [-0.39, 0.29) is 17.5 Å². The Hall–Kier alpha value is -1.85. The van der Waals surface area contributed by atoms with E-state index in [4.69, 9.17) is 11.6 Å². The molecule has 1 aliphatic heterocycles. The topological polar surface area (TPSA) is 59.0 Å². The first-order chi connectivity index (χ1) is 11.9. The second kappa shape index (κ2) is 7.18. The highest BCUT2D eigenvalue weighted by Crippen LogP contribution is 2.30. The Morgan fingerprint density at radius 1 is 1.36 bits per heavy atom. The average molecular weight is 361 g/mol. The normalized spacial score (nSPS) is 18.2. The van der Waals surface area contributed by atoms with Crippen molar-refractivity contribution in [3.05, 3.63) is 41.0 Å². The molecule has 5 nitrogen and oxygen atoms in total. The largest absolute Gasteiger partial charge is 0.348 e. The molecular formula is C19H25ClN4O. The minimum Gasteiger partial charge on any atom is -0.348 e. The number of benzene rings is 1. The molecule has 1 aromatic heterocycles. The lowest BCUT2D eigenvalue weighted by atomic mass is 10.0. The number of carbonyl (C=O) groups excluding carboxylic acids is 1. The van der Waals surface area contributed by atoms with Gasteiger partial charge in [-0.3, -0.25) is 9.48 Å². The van der Waals surface area contributed by atoms with Crippen molar-refractivity contribution in [3.8, 4) is 11.3 Å². The van der Waals surface area contributed by atoms with Crippen LogP contribution in [-0.4, -0.2) is 34.8 Å². The van der Waals surface area contributed by atoms with Gasteiger partial charge >= 0.3 is 0 Å². The second-order valence-corrected chi connectivity index (χ2v) is 7.91. The fourth-order valence-corrected chi connectivity index (χ4v) is 3.20. The summed E-state index contributed by atoms with van der Waals surface area (Å²) in [6.45, 7) is 8.00. The predicted octanol–water partition coefficient (Wildman–Crippen LogP) is 3.44. The summed E-state index contributed by atoms with van der Waals surface area (Å²) in [4.78, 5) is 12.9. The van der Waals surface area contributed by atoms with Gasteiger partial charge in [0.25, 0.3) is 5.91 Å². The highest BCUT2D eigenvalue weighted by atomic mass is 35.5. The van der Waals surface area contributed by atoms with Crippen molar-refractivity contribution in [2.24, 2.45) is 0 Å². The molecule has 1 aliphatic rings. The van der Waals surface area contributed by atoms with Gasteiger partial charge in [0, 0.05) is 24.3 Å². The molecule has 6 heteroatoms. The van der Waals surface area contributed by atoms with Gasteiger partial charge in [-0.25, -0.2) is 0 Å². The molecule has 2 N–H and O–H groups in total. The van der Waals surface area contributed by atoms with Gasteiger partial charge in [0.05, 0.1) is 16.1 Å². The summed E-state index contributed by atoms with van der Waals surface area (Å²) in [6.07, 6.45) is 3.89. The van der Waals surface area contributed by atoms with Gasteiger partial charge in [0.15, 0.2) is 0 Å². The number of hydrogen-bond acceptors (Lipinski definition) is 3. The average Bonchev–Trinajstić information content (AvgIpc) is 3.02. The van der Waals surface area contributed by atoms with Crippen molar-refractivity contribution >= 4 is 17.5 Å². The van der Waals surface area contributed by atoms with E-state index < -0.39 is 0 Å². The fourth-order valence-electron chi connectivity index (χ4n) is 2.97. The van der Waals surface area contributed by atoms with Gasteiger partial charge in [-0.2, -0.15) is 5.10 Å². The number of nitrogens with one attached hydrogen (secondary N) is 2. The summed E-state index contributed by atoms with van der Waals surface area (Å²) in [5.41, 5.74) is 1.75. The molecule has 134 valence electrons. The Morgan fingerprint density at radius 3 is 2.76 bits per heavy atom. The SMILES string of the molecule is CC(C)(C)n1cc(C(=O)N[C@H]2CCCNC2)c(-c2ccccc2Cl)n1. The monoisotopic (exact) mass is 360 g/mol. The van der Waals surface area contributed by atoms with E-state index in [1.807, 2.05) is 35.1 Å². The quantitative estimate of drug-likeness (QED) is 0.881. The summed E-state index contributed by atoms with van der Waals surface area (Å²) in [7, 11) is 0. The van der Waals surface area contributed by atoms with Crippen LogP contribution in [0.2, 0.25) is 5.02 Å².